The molecular formula is C22H22F3N3O3S. The van der Waals surface area contributed by atoms with Crippen LogP contribution in [-0.4, -0.2) is 38.2 Å². The van der Waals surface area contributed by atoms with E-state index in [4.69, 9.17) is 0 Å². The molecule has 1 saturated carbocycles. The number of sulfone groups is 1. The van der Waals surface area contributed by atoms with E-state index in [2.05, 4.69) is 10.3 Å². The monoisotopic (exact) mass is 465 g/mol. The third-order valence-electron chi connectivity index (χ3n) is 5.80. The number of hydrogen-bond acceptors (Lipinski definition) is 5. The fourth-order valence-electron chi connectivity index (χ4n) is 4.21. The van der Waals surface area contributed by atoms with Gasteiger partial charge in [-0.15, -0.1) is 0 Å². The Morgan fingerprint density at radius 3 is 2.72 bits per heavy atom. The maximum absolute atomic E-state index is 14.8. The van der Waals surface area contributed by atoms with Crippen LogP contribution in [0.15, 0.2) is 41.9 Å². The summed E-state index contributed by atoms with van der Waals surface area (Å²) >= 11 is 0. The van der Waals surface area contributed by atoms with Crippen LogP contribution >= 0.6 is 0 Å². The van der Waals surface area contributed by atoms with E-state index in [-0.39, 0.29) is 11.5 Å². The highest BCUT2D eigenvalue weighted by Gasteiger charge is 2.54. The minimum atomic E-state index is -3.36. The van der Waals surface area contributed by atoms with Crippen LogP contribution in [0.2, 0.25) is 0 Å². The quantitative estimate of drug-likeness (QED) is 0.708. The lowest BCUT2D eigenvalue weighted by molar-refractivity contribution is 0.0937. The number of amides is 1. The zero-order valence-corrected chi connectivity index (χ0v) is 18.2. The Bertz CT molecular complexity index is 1200. The van der Waals surface area contributed by atoms with Crippen LogP contribution in [0.3, 0.4) is 0 Å². The summed E-state index contributed by atoms with van der Waals surface area (Å²) < 4.78 is 65.4. The number of fused-ring (bicyclic) bond motifs is 1. The van der Waals surface area contributed by atoms with Crippen molar-refractivity contribution in [1.82, 2.24) is 10.3 Å². The maximum atomic E-state index is 14.8. The van der Waals surface area contributed by atoms with E-state index >= 15 is 0 Å². The van der Waals surface area contributed by atoms with Gasteiger partial charge in [-0.1, -0.05) is 18.2 Å². The number of pyridine rings is 1. The average Bonchev–Trinajstić information content (AvgIpc) is 3.38. The highest BCUT2D eigenvalue weighted by Crippen LogP contribution is 2.57. The molecule has 6 nitrogen and oxygen atoms in total. The predicted octanol–water partition coefficient (Wildman–Crippen LogP) is 3.37. The standard InChI is InChI=1S/C22H22F3N3O3S/c1-12(6-7-32(2,30)31)27-22(29)20-18(24)9-14(10-26-20)28-11-13-8-16(13)21(28)15-4-3-5-17(23)19(15)25/h3-7,9-10,12-13,16,21H,8,11H2,1-2H3,(H,27,29)/b7-6+/t12-,13?,16?,21?/m1/s1. The molecule has 1 aliphatic heterocycles. The molecule has 4 rings (SSSR count). The number of halogens is 3. The maximum Gasteiger partial charge on any atom is 0.273 e. The van der Waals surface area contributed by atoms with Crippen LogP contribution in [0.1, 0.15) is 35.4 Å². The van der Waals surface area contributed by atoms with Crippen LogP contribution < -0.4 is 10.2 Å². The van der Waals surface area contributed by atoms with Crippen molar-refractivity contribution < 1.29 is 26.4 Å². The Labute approximate surface area is 184 Å². The minimum Gasteiger partial charge on any atom is -0.362 e. The van der Waals surface area contributed by atoms with Gasteiger partial charge < -0.3 is 10.2 Å². The normalized spacial score (nSPS) is 23.3. The van der Waals surface area contributed by atoms with Crippen LogP contribution in [0, 0.1) is 29.3 Å². The molecule has 1 aromatic heterocycles. The van der Waals surface area contributed by atoms with Gasteiger partial charge in [-0.05, 0) is 31.2 Å². The number of piperidine rings is 1. The zero-order valence-electron chi connectivity index (χ0n) is 17.4. The summed E-state index contributed by atoms with van der Waals surface area (Å²) in [7, 11) is -3.36. The summed E-state index contributed by atoms with van der Waals surface area (Å²) in [5.74, 6) is -3.02. The van der Waals surface area contributed by atoms with Crippen molar-refractivity contribution in [3.05, 3.63) is 70.7 Å². The van der Waals surface area contributed by atoms with Gasteiger partial charge >= 0.3 is 0 Å². The number of rotatable bonds is 6. The second-order valence-electron chi connectivity index (χ2n) is 8.34. The molecule has 2 aliphatic rings. The molecule has 4 atom stereocenters. The van der Waals surface area contributed by atoms with Crippen molar-refractivity contribution in [2.24, 2.45) is 11.8 Å². The third-order valence-corrected chi connectivity index (χ3v) is 6.45. The Balaban J connectivity index is 1.55. The molecule has 0 bridgehead atoms. The molecule has 10 heteroatoms. The Hall–Kier alpha value is -2.88. The Kier molecular flexibility index (Phi) is 5.74. The number of anilines is 1. The topological polar surface area (TPSA) is 79.4 Å². The Morgan fingerprint density at radius 2 is 2.03 bits per heavy atom. The highest BCUT2D eigenvalue weighted by atomic mass is 32.2. The molecule has 3 unspecified atom stereocenters. The van der Waals surface area contributed by atoms with Crippen LogP contribution in [0.25, 0.3) is 0 Å². The summed E-state index contributed by atoms with van der Waals surface area (Å²) in [6.45, 7) is 2.10. The number of benzene rings is 1. The molecule has 2 heterocycles. The van der Waals surface area contributed by atoms with Crippen molar-refractivity contribution in [2.75, 3.05) is 17.7 Å². The van der Waals surface area contributed by atoms with Crippen molar-refractivity contribution in [1.29, 1.82) is 0 Å². The molecule has 2 fully saturated rings. The van der Waals surface area contributed by atoms with Gasteiger partial charge in [0, 0.05) is 35.9 Å². The van der Waals surface area contributed by atoms with Crippen LogP contribution in [0.4, 0.5) is 18.9 Å². The summed E-state index contributed by atoms with van der Waals surface area (Å²) in [4.78, 5) is 18.1. The van der Waals surface area contributed by atoms with E-state index < -0.39 is 51.0 Å². The number of nitrogens with zero attached hydrogens (tertiary/aromatic N) is 2. The van der Waals surface area contributed by atoms with Crippen molar-refractivity contribution >= 4 is 21.4 Å². The molecule has 1 aromatic carbocycles. The van der Waals surface area contributed by atoms with Gasteiger partial charge in [-0.2, -0.15) is 0 Å². The molecule has 1 saturated heterocycles. The lowest BCUT2D eigenvalue weighted by Crippen LogP contribution is -2.33. The first-order valence-electron chi connectivity index (χ1n) is 10.1. The smallest absolute Gasteiger partial charge is 0.273 e. The molecule has 32 heavy (non-hydrogen) atoms. The predicted molar refractivity (Wildman–Crippen MR) is 113 cm³/mol. The Morgan fingerprint density at radius 1 is 1.28 bits per heavy atom. The lowest BCUT2D eigenvalue weighted by atomic mass is 10.0. The summed E-state index contributed by atoms with van der Waals surface area (Å²) in [6, 6.07) is 4.11. The van der Waals surface area contributed by atoms with E-state index in [1.807, 2.05) is 0 Å². The van der Waals surface area contributed by atoms with Crippen molar-refractivity contribution in [3.63, 3.8) is 0 Å². The molecular weight excluding hydrogens is 443 g/mol. The molecule has 1 N–H and O–H groups in total. The first-order valence-corrected chi connectivity index (χ1v) is 12.1. The fraction of sp³-hybridized carbons (Fsp3) is 0.364. The highest BCUT2D eigenvalue weighted by molar-refractivity contribution is 7.93. The third kappa shape index (κ3) is 4.50. The SMILES string of the molecule is C[C@H](/C=C/S(C)(=O)=O)NC(=O)c1ncc(N2CC3CC3C2c2cccc(F)c2F)cc1F. The van der Waals surface area contributed by atoms with Gasteiger partial charge in [0.05, 0.1) is 17.9 Å². The summed E-state index contributed by atoms with van der Waals surface area (Å²) in [5.41, 5.74) is 0.167. The number of nitrogens with one attached hydrogen (secondary N) is 1. The van der Waals surface area contributed by atoms with Gasteiger partial charge in [-0.25, -0.2) is 26.6 Å². The van der Waals surface area contributed by atoms with Crippen molar-refractivity contribution in [3.8, 4) is 0 Å². The zero-order chi connectivity index (χ0) is 23.2. The van der Waals surface area contributed by atoms with Gasteiger partial charge in [0.25, 0.3) is 5.91 Å². The first-order chi connectivity index (χ1) is 15.0. The average molecular weight is 465 g/mol. The summed E-state index contributed by atoms with van der Waals surface area (Å²) in [6.07, 6.45) is 4.52. The van der Waals surface area contributed by atoms with E-state index in [0.29, 0.717) is 18.2 Å². The van der Waals surface area contributed by atoms with E-state index in [1.165, 1.54) is 24.4 Å². The van der Waals surface area contributed by atoms with E-state index in [9.17, 15) is 26.4 Å². The van der Waals surface area contributed by atoms with Gasteiger partial charge in [0.2, 0.25) is 0 Å². The van der Waals surface area contributed by atoms with Crippen molar-refractivity contribution in [2.45, 2.75) is 25.4 Å². The lowest BCUT2D eigenvalue weighted by Gasteiger charge is -2.30. The number of carbonyl (C=O) groups excluding carboxylic acids is 1. The van der Waals surface area contributed by atoms with Crippen LogP contribution in [0.5, 0.6) is 0 Å². The molecule has 1 amide bonds. The fourth-order valence-corrected chi connectivity index (χ4v) is 4.74. The molecule has 2 aromatic rings. The number of carbonyl (C=O) groups is 1. The second kappa shape index (κ2) is 8.23. The van der Waals surface area contributed by atoms with E-state index in [1.54, 1.807) is 11.8 Å². The van der Waals surface area contributed by atoms with Crippen LogP contribution in [-0.2, 0) is 9.84 Å². The largest absolute Gasteiger partial charge is 0.362 e. The molecule has 0 radical (unpaired) electrons. The minimum absolute atomic E-state index is 0.153. The van der Waals surface area contributed by atoms with Gasteiger partial charge in [-0.3, -0.25) is 4.79 Å². The van der Waals surface area contributed by atoms with E-state index in [0.717, 1.165) is 30.2 Å². The first kappa shape index (κ1) is 22.3. The number of hydrogen-bond donors (Lipinski definition) is 1. The number of aromatic nitrogens is 1. The molecule has 0 spiro atoms. The van der Waals surface area contributed by atoms with Gasteiger partial charge in [0.1, 0.15) is 0 Å². The summed E-state index contributed by atoms with van der Waals surface area (Å²) in [5, 5.41) is 3.42. The molecule has 170 valence electrons. The van der Waals surface area contributed by atoms with Gasteiger partial charge in [0.15, 0.2) is 33.0 Å². The molecule has 1 aliphatic carbocycles. The second-order valence-corrected chi connectivity index (χ2v) is 10.3.